The zero-order valence-electron chi connectivity index (χ0n) is 17.7. The summed E-state index contributed by atoms with van der Waals surface area (Å²) in [5, 5.41) is 11.0. The summed E-state index contributed by atoms with van der Waals surface area (Å²) in [5.74, 6) is 0.282. The van der Waals surface area contributed by atoms with Crippen molar-refractivity contribution in [3.63, 3.8) is 0 Å². The van der Waals surface area contributed by atoms with Gasteiger partial charge in [0.15, 0.2) is 0 Å². The number of aryl methyl sites for hydroxylation is 1. The Kier molecular flexibility index (Phi) is 7.25. The molecule has 1 saturated heterocycles. The van der Waals surface area contributed by atoms with Crippen LogP contribution >= 0.6 is 0 Å². The van der Waals surface area contributed by atoms with Crippen LogP contribution in [-0.4, -0.2) is 72.6 Å². The van der Waals surface area contributed by atoms with Gasteiger partial charge in [0, 0.05) is 50.5 Å². The van der Waals surface area contributed by atoms with E-state index in [1.807, 2.05) is 13.8 Å². The predicted molar refractivity (Wildman–Crippen MR) is 113 cm³/mol. The molecule has 1 fully saturated rings. The number of nitro benzene ring substituents is 1. The molecule has 9 nitrogen and oxygen atoms in total. The van der Waals surface area contributed by atoms with Gasteiger partial charge >= 0.3 is 6.09 Å². The smallest absolute Gasteiger partial charge is 0.409 e. The summed E-state index contributed by atoms with van der Waals surface area (Å²) in [4.78, 5) is 41.3. The molecule has 3 rings (SSSR count). The average Bonchev–Trinajstić information content (AvgIpc) is 2.96. The molecule has 1 aromatic carbocycles. The van der Waals surface area contributed by atoms with E-state index in [0.717, 1.165) is 37.1 Å². The number of carbonyl (C=O) groups excluding carboxylic acids is 2. The van der Waals surface area contributed by atoms with Crippen LogP contribution in [0.5, 0.6) is 0 Å². The van der Waals surface area contributed by atoms with Gasteiger partial charge < -0.3 is 14.5 Å². The zero-order chi connectivity index (χ0) is 21.7. The molecule has 2 amide bonds. The summed E-state index contributed by atoms with van der Waals surface area (Å²) in [6.45, 7) is 7.80. The lowest BCUT2D eigenvalue weighted by atomic mass is 10.0. The Bertz CT molecular complexity index is 798. The number of ether oxygens (including phenoxy) is 1. The molecule has 0 atom stereocenters. The molecule has 0 saturated carbocycles. The maximum absolute atomic E-state index is 13.0. The van der Waals surface area contributed by atoms with Crippen molar-refractivity contribution < 1.29 is 19.2 Å². The molecule has 2 heterocycles. The lowest BCUT2D eigenvalue weighted by molar-refractivity contribution is -0.384. The van der Waals surface area contributed by atoms with Crippen LogP contribution in [0.2, 0.25) is 0 Å². The first-order chi connectivity index (χ1) is 14.3. The van der Waals surface area contributed by atoms with Crippen LogP contribution in [0.25, 0.3) is 0 Å². The minimum absolute atomic E-state index is 0.0133. The van der Waals surface area contributed by atoms with Crippen molar-refractivity contribution in [2.24, 2.45) is 5.92 Å². The summed E-state index contributed by atoms with van der Waals surface area (Å²) in [7, 11) is 0. The van der Waals surface area contributed by atoms with E-state index in [-0.39, 0.29) is 24.2 Å². The first-order valence-corrected chi connectivity index (χ1v) is 10.6. The highest BCUT2D eigenvalue weighted by atomic mass is 16.6. The van der Waals surface area contributed by atoms with E-state index in [9.17, 15) is 19.7 Å². The molecule has 0 spiro atoms. The van der Waals surface area contributed by atoms with Gasteiger partial charge in [0.05, 0.1) is 18.1 Å². The van der Waals surface area contributed by atoms with Crippen LogP contribution in [-0.2, 0) is 16.0 Å². The van der Waals surface area contributed by atoms with Gasteiger partial charge in [-0.1, -0.05) is 13.8 Å². The van der Waals surface area contributed by atoms with Crippen LogP contribution in [0.4, 0.5) is 16.2 Å². The van der Waals surface area contributed by atoms with Crippen molar-refractivity contribution in [2.75, 3.05) is 50.8 Å². The van der Waals surface area contributed by atoms with Crippen molar-refractivity contribution in [1.82, 2.24) is 9.80 Å². The molecule has 0 radical (unpaired) electrons. The quantitative estimate of drug-likeness (QED) is 0.539. The predicted octanol–water partition coefficient (Wildman–Crippen LogP) is 2.67. The number of nitrogens with zero attached hydrogens (tertiary/aromatic N) is 4. The Morgan fingerprint density at radius 3 is 2.67 bits per heavy atom. The largest absolute Gasteiger partial charge is 0.449 e. The number of rotatable bonds is 5. The van der Waals surface area contributed by atoms with Gasteiger partial charge in [-0.3, -0.25) is 19.8 Å². The summed E-state index contributed by atoms with van der Waals surface area (Å²) in [6, 6.07) is 4.71. The topological polar surface area (TPSA) is 96.2 Å². The molecule has 2 aliphatic rings. The highest BCUT2D eigenvalue weighted by Crippen LogP contribution is 2.30. The van der Waals surface area contributed by atoms with Gasteiger partial charge in [-0.15, -0.1) is 0 Å². The standard InChI is InChI=1S/C21H30N4O5/c1-16(2)15-30-21(27)23-9-4-8-22(11-12-23)14-20(26)24-10-3-5-17-13-18(25(28)29)6-7-19(17)24/h6-7,13,16H,3-5,8-12,14-15H2,1-2H3. The van der Waals surface area contributed by atoms with Crippen LogP contribution in [0, 0.1) is 16.0 Å². The second kappa shape index (κ2) is 9.88. The molecule has 9 heteroatoms. The van der Waals surface area contributed by atoms with Crippen molar-refractivity contribution in [2.45, 2.75) is 33.1 Å². The van der Waals surface area contributed by atoms with E-state index in [0.29, 0.717) is 38.7 Å². The number of benzene rings is 1. The van der Waals surface area contributed by atoms with Crippen LogP contribution < -0.4 is 4.90 Å². The summed E-state index contributed by atoms with van der Waals surface area (Å²) in [5.41, 5.74) is 1.67. The summed E-state index contributed by atoms with van der Waals surface area (Å²) >= 11 is 0. The van der Waals surface area contributed by atoms with E-state index < -0.39 is 4.92 Å². The fourth-order valence-electron chi connectivity index (χ4n) is 3.87. The molecule has 0 bridgehead atoms. The summed E-state index contributed by atoms with van der Waals surface area (Å²) in [6.07, 6.45) is 2.02. The molecule has 30 heavy (non-hydrogen) atoms. The van der Waals surface area contributed by atoms with Gasteiger partial charge in [-0.05, 0) is 36.8 Å². The van der Waals surface area contributed by atoms with Crippen molar-refractivity contribution in [1.29, 1.82) is 0 Å². The minimum Gasteiger partial charge on any atom is -0.449 e. The number of non-ortho nitro benzene ring substituents is 1. The van der Waals surface area contributed by atoms with Gasteiger partial charge in [0.1, 0.15) is 0 Å². The number of hydrogen-bond acceptors (Lipinski definition) is 6. The zero-order valence-corrected chi connectivity index (χ0v) is 17.7. The fraction of sp³-hybridized carbons (Fsp3) is 0.619. The van der Waals surface area contributed by atoms with Crippen LogP contribution in [0.15, 0.2) is 18.2 Å². The van der Waals surface area contributed by atoms with Crippen LogP contribution in [0.3, 0.4) is 0 Å². The fourth-order valence-corrected chi connectivity index (χ4v) is 3.87. The maximum Gasteiger partial charge on any atom is 0.409 e. The molecular weight excluding hydrogens is 388 g/mol. The van der Waals surface area contributed by atoms with E-state index in [1.165, 1.54) is 6.07 Å². The highest BCUT2D eigenvalue weighted by molar-refractivity contribution is 5.96. The van der Waals surface area contributed by atoms with Gasteiger partial charge in [-0.25, -0.2) is 4.79 Å². The molecule has 2 aliphatic heterocycles. The number of amides is 2. The Balaban J connectivity index is 1.58. The molecular formula is C21H30N4O5. The van der Waals surface area contributed by atoms with E-state index >= 15 is 0 Å². The van der Waals surface area contributed by atoms with E-state index in [1.54, 1.807) is 21.9 Å². The molecule has 1 aromatic rings. The lowest BCUT2D eigenvalue weighted by Gasteiger charge is -2.31. The van der Waals surface area contributed by atoms with Gasteiger partial charge in [-0.2, -0.15) is 0 Å². The number of carbonyl (C=O) groups is 2. The van der Waals surface area contributed by atoms with Gasteiger partial charge in [0.2, 0.25) is 5.91 Å². The minimum atomic E-state index is -0.407. The SMILES string of the molecule is CC(C)COC(=O)N1CCCN(CC(=O)N2CCCc3cc([N+](=O)[O-])ccc32)CC1. The Labute approximate surface area is 176 Å². The second-order valence-corrected chi connectivity index (χ2v) is 8.31. The first-order valence-electron chi connectivity index (χ1n) is 10.6. The van der Waals surface area contributed by atoms with Crippen molar-refractivity contribution >= 4 is 23.4 Å². The third-order valence-corrected chi connectivity index (χ3v) is 5.44. The van der Waals surface area contributed by atoms with Gasteiger partial charge in [0.25, 0.3) is 5.69 Å². The monoisotopic (exact) mass is 418 g/mol. The van der Waals surface area contributed by atoms with E-state index in [2.05, 4.69) is 4.90 Å². The molecule has 0 aromatic heterocycles. The van der Waals surface area contributed by atoms with Crippen molar-refractivity contribution in [3.05, 3.63) is 33.9 Å². The van der Waals surface area contributed by atoms with Crippen LogP contribution in [0.1, 0.15) is 32.3 Å². The number of nitro groups is 1. The Morgan fingerprint density at radius 2 is 1.93 bits per heavy atom. The number of fused-ring (bicyclic) bond motifs is 1. The first kappa shape index (κ1) is 22.0. The maximum atomic E-state index is 13.0. The normalized spacial score (nSPS) is 17.4. The Morgan fingerprint density at radius 1 is 1.13 bits per heavy atom. The second-order valence-electron chi connectivity index (χ2n) is 8.31. The molecule has 0 aliphatic carbocycles. The summed E-state index contributed by atoms with van der Waals surface area (Å²) < 4.78 is 5.32. The average molecular weight is 418 g/mol. The third kappa shape index (κ3) is 5.47. The molecule has 0 N–H and O–H groups in total. The number of hydrogen-bond donors (Lipinski definition) is 0. The molecule has 0 unspecified atom stereocenters. The Hall–Kier alpha value is -2.68. The molecule has 164 valence electrons. The van der Waals surface area contributed by atoms with Crippen molar-refractivity contribution in [3.8, 4) is 0 Å². The highest BCUT2D eigenvalue weighted by Gasteiger charge is 2.27. The third-order valence-electron chi connectivity index (χ3n) is 5.44. The van der Waals surface area contributed by atoms with E-state index in [4.69, 9.17) is 4.74 Å². The lowest BCUT2D eigenvalue weighted by Crippen LogP contribution is -2.44. The number of anilines is 1.